The van der Waals surface area contributed by atoms with Gasteiger partial charge in [-0.3, -0.25) is 4.79 Å². The predicted octanol–water partition coefficient (Wildman–Crippen LogP) is 3.36. The summed E-state index contributed by atoms with van der Waals surface area (Å²) in [5.74, 6) is 0.108. The maximum Gasteiger partial charge on any atom is 0.285 e. The molecule has 0 spiro atoms. The first-order valence-electron chi connectivity index (χ1n) is 12.0. The van der Waals surface area contributed by atoms with Crippen LogP contribution in [-0.4, -0.2) is 12.5 Å². The number of rotatable bonds is 19. The molecule has 0 unspecified atom stereocenters. The monoisotopic (exact) mass is 424 g/mol. The number of pyridine rings is 1. The molecule has 0 fully saturated rings. The number of hydrogen-bond acceptors (Lipinski definition) is 1. The van der Waals surface area contributed by atoms with Crippen molar-refractivity contribution in [1.82, 2.24) is 5.32 Å². The number of halogens is 1. The molecule has 0 saturated heterocycles. The first-order valence-corrected chi connectivity index (χ1v) is 12.0. The fraction of sp³-hybridized carbons (Fsp3) is 0.760. The van der Waals surface area contributed by atoms with Crippen molar-refractivity contribution >= 4 is 5.91 Å². The molecule has 1 rings (SSSR count). The van der Waals surface area contributed by atoms with Crippen molar-refractivity contribution in [3.63, 3.8) is 0 Å². The highest BCUT2D eigenvalue weighted by Crippen LogP contribution is 2.13. The Morgan fingerprint density at radius 3 is 1.52 bits per heavy atom. The summed E-state index contributed by atoms with van der Waals surface area (Å²) in [6, 6.07) is 5.86. The van der Waals surface area contributed by atoms with Crippen LogP contribution in [0.3, 0.4) is 0 Å². The molecule has 3 nitrogen and oxygen atoms in total. The summed E-state index contributed by atoms with van der Waals surface area (Å²) in [5, 5.41) is 3.02. The van der Waals surface area contributed by atoms with Gasteiger partial charge >= 0.3 is 0 Å². The number of carbonyl (C=O) groups excluding carboxylic acids is 1. The van der Waals surface area contributed by atoms with E-state index in [4.69, 9.17) is 0 Å². The molecule has 1 aromatic rings. The van der Waals surface area contributed by atoms with E-state index in [1.807, 2.05) is 35.2 Å². The van der Waals surface area contributed by atoms with E-state index in [1.54, 1.807) is 0 Å². The van der Waals surface area contributed by atoms with Crippen LogP contribution >= 0.6 is 0 Å². The van der Waals surface area contributed by atoms with Crippen molar-refractivity contribution in [2.45, 2.75) is 116 Å². The molecule has 168 valence electrons. The molecule has 29 heavy (non-hydrogen) atoms. The first kappa shape index (κ1) is 27.9. The Labute approximate surface area is 186 Å². The summed E-state index contributed by atoms with van der Waals surface area (Å²) in [5.41, 5.74) is 0. The molecule has 0 saturated carbocycles. The number of unbranched alkanes of at least 4 members (excludes halogenated alkanes) is 15. The minimum absolute atomic E-state index is 0. The molecule has 1 amide bonds. The molecule has 0 aliphatic rings. The predicted molar refractivity (Wildman–Crippen MR) is 119 cm³/mol. The van der Waals surface area contributed by atoms with Gasteiger partial charge in [0.05, 0.1) is 0 Å². The van der Waals surface area contributed by atoms with E-state index < -0.39 is 0 Å². The van der Waals surface area contributed by atoms with Gasteiger partial charge in [0.1, 0.15) is 0 Å². The molecule has 0 bridgehead atoms. The Hall–Kier alpha value is -1.09. The molecule has 0 radical (unpaired) electrons. The van der Waals surface area contributed by atoms with Crippen molar-refractivity contribution in [3.05, 3.63) is 30.6 Å². The fourth-order valence-electron chi connectivity index (χ4n) is 3.66. The van der Waals surface area contributed by atoms with E-state index in [2.05, 4.69) is 12.2 Å². The van der Waals surface area contributed by atoms with Crippen LogP contribution in [0.2, 0.25) is 0 Å². The molecule has 0 aliphatic carbocycles. The van der Waals surface area contributed by atoms with Crippen molar-refractivity contribution in [3.8, 4) is 0 Å². The molecule has 0 aliphatic heterocycles. The van der Waals surface area contributed by atoms with Gasteiger partial charge < -0.3 is 17.7 Å². The number of amides is 1. The lowest BCUT2D eigenvalue weighted by molar-refractivity contribution is -0.684. The Bertz CT molecular complexity index is 467. The number of nitrogens with zero attached hydrogens (tertiary/aromatic N) is 1. The maximum absolute atomic E-state index is 11.8. The van der Waals surface area contributed by atoms with E-state index in [9.17, 15) is 4.79 Å². The van der Waals surface area contributed by atoms with Crippen LogP contribution in [0.25, 0.3) is 0 Å². The summed E-state index contributed by atoms with van der Waals surface area (Å²) in [4.78, 5) is 11.8. The summed E-state index contributed by atoms with van der Waals surface area (Å²) in [6.07, 6.45) is 25.9. The average Bonchev–Trinajstić information content (AvgIpc) is 2.71. The Balaban J connectivity index is 0.00000784. The number of hydrogen-bond donors (Lipinski definition) is 1. The Kier molecular flexibility index (Phi) is 20.8. The van der Waals surface area contributed by atoms with E-state index in [1.165, 1.54) is 96.3 Å². The smallest absolute Gasteiger partial charge is 0.285 e. The van der Waals surface area contributed by atoms with Gasteiger partial charge in [0.25, 0.3) is 5.91 Å². The normalized spacial score (nSPS) is 10.5. The third-order valence-corrected chi connectivity index (χ3v) is 5.46. The molecular formula is C25H45ClN2O. The second kappa shape index (κ2) is 21.6. The van der Waals surface area contributed by atoms with Crippen LogP contribution in [0.5, 0.6) is 0 Å². The summed E-state index contributed by atoms with van der Waals surface area (Å²) >= 11 is 0. The third-order valence-electron chi connectivity index (χ3n) is 5.46. The third kappa shape index (κ3) is 18.7. The van der Waals surface area contributed by atoms with Gasteiger partial charge in [-0.05, 0) is 6.42 Å². The lowest BCUT2D eigenvalue weighted by atomic mass is 10.0. The van der Waals surface area contributed by atoms with Gasteiger partial charge in [0.15, 0.2) is 12.4 Å². The lowest BCUT2D eigenvalue weighted by Crippen LogP contribution is -3.00. The largest absolute Gasteiger partial charge is 1.00 e. The molecule has 4 heteroatoms. The van der Waals surface area contributed by atoms with E-state index in [-0.39, 0.29) is 18.3 Å². The van der Waals surface area contributed by atoms with Gasteiger partial charge in [0.2, 0.25) is 6.54 Å². The van der Waals surface area contributed by atoms with Gasteiger partial charge in [-0.2, -0.15) is 4.57 Å². The first-order chi connectivity index (χ1) is 13.8. The standard InChI is InChI=1S/C25H44N2O.ClH/c1-2-3-4-5-6-7-8-9-10-11-12-13-14-15-16-18-21-26-25(28)24-27-22-19-17-20-23-27;/h17,19-20,22-23H,2-16,18,21,24H2,1H3;1H. The highest BCUT2D eigenvalue weighted by molar-refractivity contribution is 5.74. The van der Waals surface area contributed by atoms with Gasteiger partial charge in [-0.1, -0.05) is 109 Å². The van der Waals surface area contributed by atoms with Gasteiger partial charge in [0, 0.05) is 18.7 Å². The minimum atomic E-state index is 0. The zero-order valence-electron chi connectivity index (χ0n) is 18.8. The van der Waals surface area contributed by atoms with Crippen molar-refractivity contribution in [1.29, 1.82) is 0 Å². The average molecular weight is 425 g/mol. The van der Waals surface area contributed by atoms with Gasteiger partial charge in [-0.25, -0.2) is 0 Å². The maximum atomic E-state index is 11.8. The van der Waals surface area contributed by atoms with Crippen LogP contribution in [0, 0.1) is 0 Å². The lowest BCUT2D eigenvalue weighted by Gasteiger charge is -2.04. The molecule has 1 aromatic heterocycles. The fourth-order valence-corrected chi connectivity index (χ4v) is 3.66. The van der Waals surface area contributed by atoms with E-state index in [0.29, 0.717) is 6.54 Å². The Morgan fingerprint density at radius 1 is 0.655 bits per heavy atom. The van der Waals surface area contributed by atoms with Crippen molar-refractivity contribution in [2.75, 3.05) is 6.54 Å². The zero-order valence-corrected chi connectivity index (χ0v) is 19.6. The number of carbonyl (C=O) groups is 1. The van der Waals surface area contributed by atoms with Crippen LogP contribution in [0.1, 0.15) is 110 Å². The van der Waals surface area contributed by atoms with Gasteiger partial charge in [-0.15, -0.1) is 0 Å². The number of nitrogens with one attached hydrogen (secondary N) is 1. The van der Waals surface area contributed by atoms with Crippen LogP contribution in [0.15, 0.2) is 30.6 Å². The van der Waals surface area contributed by atoms with Crippen LogP contribution in [-0.2, 0) is 11.3 Å². The molecule has 0 aromatic carbocycles. The highest BCUT2D eigenvalue weighted by Gasteiger charge is 2.06. The summed E-state index contributed by atoms with van der Waals surface area (Å²) < 4.78 is 1.91. The molecular weight excluding hydrogens is 380 g/mol. The second-order valence-corrected chi connectivity index (χ2v) is 8.20. The van der Waals surface area contributed by atoms with E-state index >= 15 is 0 Å². The van der Waals surface area contributed by atoms with Crippen molar-refractivity contribution in [2.24, 2.45) is 0 Å². The summed E-state index contributed by atoms with van der Waals surface area (Å²) in [6.45, 7) is 3.51. The Morgan fingerprint density at radius 2 is 1.07 bits per heavy atom. The highest BCUT2D eigenvalue weighted by atomic mass is 35.5. The van der Waals surface area contributed by atoms with E-state index in [0.717, 1.165) is 13.0 Å². The van der Waals surface area contributed by atoms with Crippen molar-refractivity contribution < 1.29 is 21.8 Å². The zero-order chi connectivity index (χ0) is 20.1. The minimum Gasteiger partial charge on any atom is -1.00 e. The second-order valence-electron chi connectivity index (χ2n) is 8.20. The molecule has 1 heterocycles. The topological polar surface area (TPSA) is 33.0 Å². The quantitative estimate of drug-likeness (QED) is 0.268. The summed E-state index contributed by atoms with van der Waals surface area (Å²) in [7, 11) is 0. The van der Waals surface area contributed by atoms with Crippen LogP contribution in [0.4, 0.5) is 0 Å². The molecule has 0 atom stereocenters. The number of aromatic nitrogens is 1. The van der Waals surface area contributed by atoms with Crippen LogP contribution < -0.4 is 22.3 Å². The SMILES string of the molecule is CCCCCCCCCCCCCCCCCCNC(=O)C[n+]1ccccc1.[Cl-]. The molecule has 1 N–H and O–H groups in total.